The van der Waals surface area contributed by atoms with Crippen molar-refractivity contribution in [3.05, 3.63) is 29.6 Å². The highest BCUT2D eigenvalue weighted by Crippen LogP contribution is 2.24. The first-order valence-electron chi connectivity index (χ1n) is 6.91. The number of hydrogen-bond acceptors (Lipinski definition) is 3. The van der Waals surface area contributed by atoms with Crippen molar-refractivity contribution in [2.75, 3.05) is 6.61 Å². The van der Waals surface area contributed by atoms with Crippen molar-refractivity contribution < 1.29 is 13.9 Å². The number of halogens is 1. The van der Waals surface area contributed by atoms with E-state index in [1.807, 2.05) is 6.92 Å². The number of benzene rings is 1. The Morgan fingerprint density at radius 1 is 1.45 bits per heavy atom. The zero-order chi connectivity index (χ0) is 15.1. The van der Waals surface area contributed by atoms with Gasteiger partial charge in [0.15, 0.2) is 6.61 Å². The number of nitrogens with two attached hydrogens (primary N) is 1. The summed E-state index contributed by atoms with van der Waals surface area (Å²) in [6, 6.07) is 3.88. The molecule has 3 N–H and O–H groups in total. The molecule has 1 amide bonds. The highest BCUT2D eigenvalue weighted by Gasteiger charge is 2.12. The average Bonchev–Trinajstić information content (AvgIpc) is 2.37. The number of hydrogen-bond donors (Lipinski definition) is 2. The lowest BCUT2D eigenvalue weighted by molar-refractivity contribution is -0.123. The molecule has 0 spiro atoms. The van der Waals surface area contributed by atoms with E-state index in [0.29, 0.717) is 11.3 Å². The van der Waals surface area contributed by atoms with Crippen molar-refractivity contribution in [3.63, 3.8) is 0 Å². The smallest absolute Gasteiger partial charge is 0.258 e. The fourth-order valence-electron chi connectivity index (χ4n) is 1.97. The van der Waals surface area contributed by atoms with E-state index >= 15 is 0 Å². The molecule has 0 aliphatic heterocycles. The normalized spacial score (nSPS) is 13.7. The quantitative estimate of drug-likeness (QED) is 0.807. The molecular weight excluding hydrogens is 259 g/mol. The van der Waals surface area contributed by atoms with Gasteiger partial charge in [-0.15, -0.1) is 0 Å². The maximum atomic E-state index is 13.2. The third-order valence-corrected chi connectivity index (χ3v) is 2.95. The molecule has 0 radical (unpaired) electrons. The van der Waals surface area contributed by atoms with E-state index in [2.05, 4.69) is 12.2 Å². The minimum absolute atomic E-state index is 0.0978. The van der Waals surface area contributed by atoms with Gasteiger partial charge in [-0.1, -0.05) is 13.3 Å². The van der Waals surface area contributed by atoms with Gasteiger partial charge in [-0.05, 0) is 38.5 Å². The second kappa shape index (κ2) is 7.85. The lowest BCUT2D eigenvalue weighted by Gasteiger charge is -2.16. The minimum Gasteiger partial charge on any atom is -0.483 e. The summed E-state index contributed by atoms with van der Waals surface area (Å²) in [5, 5.41) is 2.84. The third kappa shape index (κ3) is 5.17. The number of ether oxygens (including phenoxy) is 1. The number of amides is 1. The molecule has 4 nitrogen and oxygen atoms in total. The molecular formula is C15H23FN2O2. The Kier molecular flexibility index (Phi) is 6.45. The summed E-state index contributed by atoms with van der Waals surface area (Å²) in [6.45, 7) is 5.66. The number of carbonyl (C=O) groups excluding carboxylic acids is 1. The van der Waals surface area contributed by atoms with Gasteiger partial charge in [0.05, 0.1) is 0 Å². The van der Waals surface area contributed by atoms with Gasteiger partial charge >= 0.3 is 0 Å². The average molecular weight is 282 g/mol. The third-order valence-electron chi connectivity index (χ3n) is 2.95. The second-order valence-corrected chi connectivity index (χ2v) is 5.02. The van der Waals surface area contributed by atoms with E-state index in [4.69, 9.17) is 10.5 Å². The van der Waals surface area contributed by atoms with Crippen molar-refractivity contribution in [2.45, 2.75) is 45.7 Å². The summed E-state index contributed by atoms with van der Waals surface area (Å²) in [7, 11) is 0. The van der Waals surface area contributed by atoms with Gasteiger partial charge in [0.1, 0.15) is 11.6 Å². The van der Waals surface area contributed by atoms with Crippen LogP contribution in [0.15, 0.2) is 18.2 Å². The predicted molar refractivity (Wildman–Crippen MR) is 77.0 cm³/mol. The van der Waals surface area contributed by atoms with Crippen LogP contribution in [0.4, 0.5) is 4.39 Å². The van der Waals surface area contributed by atoms with E-state index < -0.39 is 0 Å². The van der Waals surface area contributed by atoms with Crippen molar-refractivity contribution >= 4 is 5.91 Å². The molecule has 0 bridgehead atoms. The molecule has 5 heteroatoms. The Balaban J connectivity index is 2.59. The van der Waals surface area contributed by atoms with E-state index in [0.717, 1.165) is 12.8 Å². The summed E-state index contributed by atoms with van der Waals surface area (Å²) in [5.74, 6) is -0.115. The molecule has 1 rings (SSSR count). The number of carbonyl (C=O) groups is 1. The molecule has 2 atom stereocenters. The standard InChI is InChI=1S/C15H23FN2O2/c1-4-5-10(2)18-15(19)9-20-14-7-6-12(16)8-13(14)11(3)17/h6-8,10-11H,4-5,9,17H2,1-3H3,(H,18,19). The molecule has 112 valence electrons. The number of rotatable bonds is 7. The molecule has 0 saturated carbocycles. The maximum Gasteiger partial charge on any atom is 0.258 e. The summed E-state index contributed by atoms with van der Waals surface area (Å²) in [6.07, 6.45) is 1.93. The van der Waals surface area contributed by atoms with Crippen LogP contribution in [-0.2, 0) is 4.79 Å². The van der Waals surface area contributed by atoms with E-state index in [9.17, 15) is 9.18 Å². The molecule has 1 aromatic carbocycles. The molecule has 0 aliphatic rings. The molecule has 0 fully saturated rings. The molecule has 0 heterocycles. The molecule has 1 aromatic rings. The van der Waals surface area contributed by atoms with Gasteiger partial charge in [-0.3, -0.25) is 4.79 Å². The monoisotopic (exact) mass is 282 g/mol. The van der Waals surface area contributed by atoms with Crippen LogP contribution in [0.2, 0.25) is 0 Å². The lowest BCUT2D eigenvalue weighted by Crippen LogP contribution is -2.36. The Bertz CT molecular complexity index is 449. The number of nitrogens with one attached hydrogen (secondary N) is 1. The summed E-state index contributed by atoms with van der Waals surface area (Å²) >= 11 is 0. The van der Waals surface area contributed by atoms with Crippen molar-refractivity contribution in [3.8, 4) is 5.75 Å². The van der Waals surface area contributed by atoms with E-state index in [1.54, 1.807) is 6.92 Å². The van der Waals surface area contributed by atoms with Crippen LogP contribution < -0.4 is 15.8 Å². The van der Waals surface area contributed by atoms with Crippen LogP contribution in [0.5, 0.6) is 5.75 Å². The van der Waals surface area contributed by atoms with Crippen LogP contribution in [-0.4, -0.2) is 18.6 Å². The first-order chi connectivity index (χ1) is 9.43. The molecule has 0 saturated heterocycles. The fourth-order valence-corrected chi connectivity index (χ4v) is 1.97. The lowest BCUT2D eigenvalue weighted by atomic mass is 10.1. The Hall–Kier alpha value is -1.62. The molecule has 2 unspecified atom stereocenters. The van der Waals surface area contributed by atoms with Gasteiger partial charge in [-0.2, -0.15) is 0 Å². The predicted octanol–water partition coefficient (Wildman–Crippen LogP) is 2.53. The Labute approximate surface area is 119 Å². The van der Waals surface area contributed by atoms with Crippen LogP contribution in [0, 0.1) is 5.82 Å². The molecule has 0 aromatic heterocycles. The Morgan fingerprint density at radius 3 is 2.75 bits per heavy atom. The largest absolute Gasteiger partial charge is 0.483 e. The SMILES string of the molecule is CCCC(C)NC(=O)COc1ccc(F)cc1C(C)N. The highest BCUT2D eigenvalue weighted by molar-refractivity contribution is 5.77. The highest BCUT2D eigenvalue weighted by atomic mass is 19.1. The van der Waals surface area contributed by atoms with Crippen molar-refractivity contribution in [2.24, 2.45) is 5.73 Å². The zero-order valence-corrected chi connectivity index (χ0v) is 12.3. The minimum atomic E-state index is -0.370. The van der Waals surface area contributed by atoms with E-state index in [1.165, 1.54) is 18.2 Å². The van der Waals surface area contributed by atoms with Gasteiger partial charge in [0.2, 0.25) is 0 Å². The zero-order valence-electron chi connectivity index (χ0n) is 12.3. The van der Waals surface area contributed by atoms with Crippen molar-refractivity contribution in [1.29, 1.82) is 0 Å². The van der Waals surface area contributed by atoms with Crippen LogP contribution in [0.3, 0.4) is 0 Å². The van der Waals surface area contributed by atoms with Gasteiger partial charge in [-0.25, -0.2) is 4.39 Å². The molecule has 0 aliphatic carbocycles. The van der Waals surface area contributed by atoms with E-state index in [-0.39, 0.29) is 30.4 Å². The topological polar surface area (TPSA) is 64.3 Å². The second-order valence-electron chi connectivity index (χ2n) is 5.02. The first kappa shape index (κ1) is 16.4. The van der Waals surface area contributed by atoms with Gasteiger partial charge < -0.3 is 15.8 Å². The molecule has 20 heavy (non-hydrogen) atoms. The summed E-state index contributed by atoms with van der Waals surface area (Å²) in [5.41, 5.74) is 6.32. The van der Waals surface area contributed by atoms with Gasteiger partial charge in [0, 0.05) is 17.6 Å². The summed E-state index contributed by atoms with van der Waals surface area (Å²) < 4.78 is 18.6. The first-order valence-corrected chi connectivity index (χ1v) is 6.91. The van der Waals surface area contributed by atoms with Crippen molar-refractivity contribution in [1.82, 2.24) is 5.32 Å². The van der Waals surface area contributed by atoms with Crippen LogP contribution in [0.1, 0.15) is 45.2 Å². The van der Waals surface area contributed by atoms with Crippen LogP contribution in [0.25, 0.3) is 0 Å². The Morgan fingerprint density at radius 2 is 2.15 bits per heavy atom. The van der Waals surface area contributed by atoms with Crippen LogP contribution >= 0.6 is 0 Å². The maximum absolute atomic E-state index is 13.2. The van der Waals surface area contributed by atoms with Gasteiger partial charge in [0.25, 0.3) is 5.91 Å². The fraction of sp³-hybridized carbons (Fsp3) is 0.533. The summed E-state index contributed by atoms with van der Waals surface area (Å²) in [4.78, 5) is 11.7.